The molecule has 1 N–H and O–H groups in total. The lowest BCUT2D eigenvalue weighted by Gasteiger charge is -2.24. The maximum atomic E-state index is 12.4. The highest BCUT2D eigenvalue weighted by atomic mass is 32.2. The first kappa shape index (κ1) is 20.8. The topological polar surface area (TPSA) is 127 Å². The SMILES string of the molecule is CC(=O)SC1CCN(C(CC(=O)O)C(=O)OCc2ccc([N+](=O)[O-])cc2)C1. The number of rotatable bonds is 8. The quantitative estimate of drug-likeness (QED) is 0.398. The monoisotopic (exact) mass is 396 g/mol. The Kier molecular flexibility index (Phi) is 7.31. The molecule has 0 aliphatic carbocycles. The number of nitrogens with zero attached hydrogens (tertiary/aromatic N) is 2. The minimum atomic E-state index is -1.12. The number of nitro benzene ring substituents is 1. The molecule has 0 saturated carbocycles. The minimum absolute atomic E-state index is 0.0163. The maximum Gasteiger partial charge on any atom is 0.324 e. The summed E-state index contributed by atoms with van der Waals surface area (Å²) in [6, 6.07) is 4.64. The second kappa shape index (κ2) is 9.47. The molecule has 1 heterocycles. The van der Waals surface area contributed by atoms with E-state index in [1.54, 1.807) is 4.90 Å². The molecular formula is C17H20N2O7S. The Balaban J connectivity index is 1.97. The highest BCUT2D eigenvalue weighted by molar-refractivity contribution is 8.14. The summed E-state index contributed by atoms with van der Waals surface area (Å²) in [4.78, 5) is 46.7. The van der Waals surface area contributed by atoms with Crippen LogP contribution in [0.4, 0.5) is 5.69 Å². The summed E-state index contributed by atoms with van der Waals surface area (Å²) < 4.78 is 5.23. The van der Waals surface area contributed by atoms with Gasteiger partial charge in [-0.2, -0.15) is 0 Å². The summed E-state index contributed by atoms with van der Waals surface area (Å²) in [7, 11) is 0. The van der Waals surface area contributed by atoms with Crippen molar-refractivity contribution in [1.82, 2.24) is 4.90 Å². The average molecular weight is 396 g/mol. The highest BCUT2D eigenvalue weighted by Crippen LogP contribution is 2.26. The lowest BCUT2D eigenvalue weighted by atomic mass is 10.2. The van der Waals surface area contributed by atoms with E-state index < -0.39 is 29.3 Å². The summed E-state index contributed by atoms with van der Waals surface area (Å²) in [6.45, 7) is 2.32. The van der Waals surface area contributed by atoms with Crippen molar-refractivity contribution in [1.29, 1.82) is 0 Å². The van der Waals surface area contributed by atoms with E-state index in [1.165, 1.54) is 43.0 Å². The smallest absolute Gasteiger partial charge is 0.324 e. The van der Waals surface area contributed by atoms with Gasteiger partial charge in [-0.25, -0.2) is 0 Å². The summed E-state index contributed by atoms with van der Waals surface area (Å²) in [5.74, 6) is -1.78. The average Bonchev–Trinajstić information content (AvgIpc) is 3.05. The molecule has 1 aliphatic rings. The number of carbonyl (C=O) groups excluding carboxylic acids is 2. The van der Waals surface area contributed by atoms with Crippen molar-refractivity contribution < 1.29 is 29.2 Å². The molecule has 1 saturated heterocycles. The zero-order chi connectivity index (χ0) is 20.0. The fourth-order valence-corrected chi connectivity index (χ4v) is 3.82. The van der Waals surface area contributed by atoms with Gasteiger partial charge in [0.1, 0.15) is 12.6 Å². The molecule has 2 unspecified atom stereocenters. The van der Waals surface area contributed by atoms with Crippen LogP contribution in [0.3, 0.4) is 0 Å². The van der Waals surface area contributed by atoms with Crippen LogP contribution in [0.1, 0.15) is 25.3 Å². The lowest BCUT2D eigenvalue weighted by molar-refractivity contribution is -0.384. The van der Waals surface area contributed by atoms with Gasteiger partial charge in [0.15, 0.2) is 5.12 Å². The van der Waals surface area contributed by atoms with Gasteiger partial charge in [0.05, 0.1) is 11.3 Å². The number of non-ortho nitro benzene ring substituents is 1. The van der Waals surface area contributed by atoms with Crippen molar-refractivity contribution in [3.63, 3.8) is 0 Å². The fraction of sp³-hybridized carbons (Fsp3) is 0.471. The molecule has 0 bridgehead atoms. The Morgan fingerprint density at radius 3 is 2.59 bits per heavy atom. The van der Waals surface area contributed by atoms with Gasteiger partial charge in [-0.15, -0.1) is 0 Å². The molecule has 0 amide bonds. The van der Waals surface area contributed by atoms with Crippen LogP contribution in [0, 0.1) is 10.1 Å². The van der Waals surface area contributed by atoms with Crippen molar-refractivity contribution >= 4 is 34.5 Å². The second-order valence-electron chi connectivity index (χ2n) is 6.16. The molecule has 10 heteroatoms. The first-order valence-corrected chi connectivity index (χ1v) is 9.17. The number of esters is 1. The molecule has 1 fully saturated rings. The molecule has 0 aromatic heterocycles. The van der Waals surface area contributed by atoms with Crippen LogP contribution in [-0.4, -0.2) is 56.4 Å². The van der Waals surface area contributed by atoms with Gasteiger partial charge < -0.3 is 9.84 Å². The number of carbonyl (C=O) groups is 3. The van der Waals surface area contributed by atoms with Gasteiger partial charge in [0.25, 0.3) is 5.69 Å². The molecule has 1 aliphatic heterocycles. The third kappa shape index (κ3) is 6.33. The summed E-state index contributed by atoms with van der Waals surface area (Å²) in [5.41, 5.74) is 0.495. The Morgan fingerprint density at radius 1 is 1.37 bits per heavy atom. The van der Waals surface area contributed by atoms with Crippen molar-refractivity contribution in [2.45, 2.75) is 37.7 Å². The molecule has 146 valence electrons. The molecule has 0 spiro atoms. The van der Waals surface area contributed by atoms with Crippen LogP contribution in [0.15, 0.2) is 24.3 Å². The number of nitro groups is 1. The number of aliphatic carboxylic acids is 1. The van der Waals surface area contributed by atoms with Crippen LogP contribution in [-0.2, 0) is 25.7 Å². The number of hydrogen-bond donors (Lipinski definition) is 1. The van der Waals surface area contributed by atoms with Crippen molar-refractivity contribution in [2.24, 2.45) is 0 Å². The summed E-state index contributed by atoms with van der Waals surface area (Å²) in [6.07, 6.45) is 0.298. The minimum Gasteiger partial charge on any atom is -0.481 e. The van der Waals surface area contributed by atoms with Crippen molar-refractivity contribution in [3.8, 4) is 0 Å². The van der Waals surface area contributed by atoms with Crippen molar-refractivity contribution in [2.75, 3.05) is 13.1 Å². The van der Waals surface area contributed by atoms with Crippen molar-refractivity contribution in [3.05, 3.63) is 39.9 Å². The first-order chi connectivity index (χ1) is 12.8. The number of likely N-dealkylation sites (tertiary alicyclic amines) is 1. The number of benzene rings is 1. The molecule has 1 aromatic rings. The van der Waals surface area contributed by atoms with E-state index in [2.05, 4.69) is 0 Å². The molecule has 27 heavy (non-hydrogen) atoms. The van der Waals surface area contributed by atoms with Crippen LogP contribution in [0.2, 0.25) is 0 Å². The van der Waals surface area contributed by atoms with Gasteiger partial charge in [-0.1, -0.05) is 11.8 Å². The van der Waals surface area contributed by atoms with E-state index >= 15 is 0 Å². The van der Waals surface area contributed by atoms with E-state index in [0.717, 1.165) is 0 Å². The lowest BCUT2D eigenvalue weighted by Crippen LogP contribution is -2.42. The zero-order valence-corrected chi connectivity index (χ0v) is 15.5. The highest BCUT2D eigenvalue weighted by Gasteiger charge is 2.35. The van der Waals surface area contributed by atoms with Gasteiger partial charge in [-0.3, -0.25) is 29.4 Å². The van der Waals surface area contributed by atoms with E-state index in [9.17, 15) is 24.5 Å². The van der Waals surface area contributed by atoms with Gasteiger partial charge in [0.2, 0.25) is 0 Å². The van der Waals surface area contributed by atoms with Crippen LogP contribution in [0.25, 0.3) is 0 Å². The molecule has 1 aromatic carbocycles. The molecular weight excluding hydrogens is 376 g/mol. The van der Waals surface area contributed by atoms with Gasteiger partial charge >= 0.3 is 11.9 Å². The van der Waals surface area contributed by atoms with E-state index in [-0.39, 0.29) is 22.7 Å². The van der Waals surface area contributed by atoms with Crippen LogP contribution in [0.5, 0.6) is 0 Å². The van der Waals surface area contributed by atoms with Crippen LogP contribution < -0.4 is 0 Å². The fourth-order valence-electron chi connectivity index (χ4n) is 2.86. The second-order valence-corrected chi connectivity index (χ2v) is 7.64. The Morgan fingerprint density at radius 2 is 2.04 bits per heavy atom. The zero-order valence-electron chi connectivity index (χ0n) is 14.7. The predicted molar refractivity (Wildman–Crippen MR) is 97.2 cm³/mol. The van der Waals surface area contributed by atoms with E-state index in [0.29, 0.717) is 25.1 Å². The van der Waals surface area contributed by atoms with E-state index in [1.807, 2.05) is 0 Å². The number of carboxylic acids is 1. The Hall–Kier alpha value is -2.46. The molecule has 0 radical (unpaired) electrons. The molecule has 2 atom stereocenters. The third-order valence-corrected chi connectivity index (χ3v) is 5.17. The largest absolute Gasteiger partial charge is 0.481 e. The number of thioether (sulfide) groups is 1. The third-order valence-electron chi connectivity index (χ3n) is 4.12. The first-order valence-electron chi connectivity index (χ1n) is 8.29. The van der Waals surface area contributed by atoms with Crippen LogP contribution >= 0.6 is 11.8 Å². The number of carboxylic acid groups (broad SMARTS) is 1. The number of ether oxygens (including phenoxy) is 1. The Labute approximate surface area is 159 Å². The summed E-state index contributed by atoms with van der Waals surface area (Å²) >= 11 is 1.19. The van der Waals surface area contributed by atoms with Gasteiger partial charge in [0, 0.05) is 37.4 Å². The Bertz CT molecular complexity index is 722. The molecule has 9 nitrogen and oxygen atoms in total. The van der Waals surface area contributed by atoms with Gasteiger partial charge in [-0.05, 0) is 24.1 Å². The maximum absolute atomic E-state index is 12.4. The normalized spacial score (nSPS) is 18.0. The number of hydrogen-bond acceptors (Lipinski definition) is 8. The summed E-state index contributed by atoms with van der Waals surface area (Å²) in [5, 5.41) is 19.8. The standard InChI is InChI=1S/C17H20N2O7S/c1-11(20)27-14-6-7-18(9-14)15(8-16(21)22)17(23)26-10-12-2-4-13(5-3-12)19(24)25/h2-5,14-15H,6-10H2,1H3,(H,21,22). The van der Waals surface area contributed by atoms with E-state index in [4.69, 9.17) is 9.84 Å². The molecule has 2 rings (SSSR count). The predicted octanol–water partition coefficient (Wildman–Crippen LogP) is 1.84.